The van der Waals surface area contributed by atoms with E-state index < -0.39 is 0 Å². The van der Waals surface area contributed by atoms with E-state index in [9.17, 15) is 18.4 Å². The van der Waals surface area contributed by atoms with Gasteiger partial charge in [0, 0.05) is 36.5 Å². The van der Waals surface area contributed by atoms with E-state index in [4.69, 9.17) is 0 Å². The van der Waals surface area contributed by atoms with Crippen LogP contribution in [0.3, 0.4) is 0 Å². The van der Waals surface area contributed by atoms with Crippen LogP contribution in [0.2, 0.25) is 0 Å². The largest absolute Gasteiger partial charge is 0.355 e. The number of rotatable bonds is 5. The quantitative estimate of drug-likeness (QED) is 0.768. The summed E-state index contributed by atoms with van der Waals surface area (Å²) >= 11 is 0. The van der Waals surface area contributed by atoms with Gasteiger partial charge in [-0.1, -0.05) is 25.0 Å². The molecule has 2 aromatic rings. The lowest BCUT2D eigenvalue weighted by atomic mass is 9.78. The van der Waals surface area contributed by atoms with Gasteiger partial charge >= 0.3 is 0 Å². The number of carbonyl (C=O) groups is 2. The molecule has 0 radical (unpaired) electrons. The van der Waals surface area contributed by atoms with Crippen LogP contribution in [-0.4, -0.2) is 36.3 Å². The maximum atomic E-state index is 13.4. The lowest BCUT2D eigenvalue weighted by Crippen LogP contribution is -2.46. The van der Waals surface area contributed by atoms with Gasteiger partial charge in [-0.2, -0.15) is 0 Å². The van der Waals surface area contributed by atoms with E-state index in [1.165, 1.54) is 36.4 Å². The number of halogens is 2. The van der Waals surface area contributed by atoms with Crippen molar-refractivity contribution >= 4 is 11.8 Å². The van der Waals surface area contributed by atoms with E-state index in [1.54, 1.807) is 4.90 Å². The molecule has 1 aliphatic carbocycles. The number of benzene rings is 2. The number of piperidine rings is 1. The number of carbonyl (C=O) groups excluding carboxylic acids is 2. The van der Waals surface area contributed by atoms with Gasteiger partial charge in [-0.3, -0.25) is 9.59 Å². The van der Waals surface area contributed by atoms with Gasteiger partial charge in [0.15, 0.2) is 0 Å². The van der Waals surface area contributed by atoms with Crippen molar-refractivity contribution in [2.45, 2.75) is 43.9 Å². The first-order valence-corrected chi connectivity index (χ1v) is 11.1. The van der Waals surface area contributed by atoms with Crippen molar-refractivity contribution in [2.75, 3.05) is 19.6 Å². The molecule has 31 heavy (non-hydrogen) atoms. The number of hydrogen-bond donors (Lipinski definition) is 1. The van der Waals surface area contributed by atoms with Crippen molar-refractivity contribution in [3.63, 3.8) is 0 Å². The second kappa shape index (κ2) is 9.16. The number of nitrogens with zero attached hydrogens (tertiary/aromatic N) is 1. The fourth-order valence-corrected chi connectivity index (χ4v) is 4.94. The molecule has 4 rings (SSSR count). The Labute approximate surface area is 181 Å². The summed E-state index contributed by atoms with van der Waals surface area (Å²) in [5.74, 6) is -0.832. The summed E-state index contributed by atoms with van der Waals surface area (Å²) in [7, 11) is 0. The average molecular weight is 427 g/mol. The number of likely N-dealkylation sites (tertiary alicyclic amines) is 1. The minimum Gasteiger partial charge on any atom is -0.355 e. The van der Waals surface area contributed by atoms with E-state index in [-0.39, 0.29) is 34.8 Å². The number of nitrogens with one attached hydrogen (secondary N) is 1. The van der Waals surface area contributed by atoms with Gasteiger partial charge < -0.3 is 10.2 Å². The molecule has 0 spiro atoms. The lowest BCUT2D eigenvalue weighted by molar-refractivity contribution is -0.126. The van der Waals surface area contributed by atoms with Crippen molar-refractivity contribution in [3.05, 3.63) is 71.3 Å². The van der Waals surface area contributed by atoms with Crippen molar-refractivity contribution < 1.29 is 18.4 Å². The Morgan fingerprint density at radius 3 is 2.03 bits per heavy atom. The van der Waals surface area contributed by atoms with Crippen LogP contribution >= 0.6 is 0 Å². The average Bonchev–Trinajstić information content (AvgIpc) is 3.28. The first-order valence-electron chi connectivity index (χ1n) is 11.1. The SMILES string of the molecule is O=C(NCC1(c2ccc(F)cc2)CCCC1)C1CCN(C(=O)c2ccc(F)cc2)CC1. The maximum absolute atomic E-state index is 13.4. The highest BCUT2D eigenvalue weighted by molar-refractivity contribution is 5.94. The van der Waals surface area contributed by atoms with Crippen LogP contribution in [-0.2, 0) is 10.2 Å². The molecule has 2 fully saturated rings. The first-order chi connectivity index (χ1) is 15.0. The van der Waals surface area contributed by atoms with Crippen LogP contribution in [0.1, 0.15) is 54.4 Å². The molecule has 0 bridgehead atoms. The van der Waals surface area contributed by atoms with Crippen LogP contribution in [0.15, 0.2) is 48.5 Å². The van der Waals surface area contributed by atoms with Crippen LogP contribution in [0.4, 0.5) is 8.78 Å². The van der Waals surface area contributed by atoms with Gasteiger partial charge in [-0.15, -0.1) is 0 Å². The molecule has 4 nitrogen and oxygen atoms in total. The van der Waals surface area contributed by atoms with Crippen LogP contribution in [0.25, 0.3) is 0 Å². The van der Waals surface area contributed by atoms with Gasteiger partial charge in [0.25, 0.3) is 5.91 Å². The van der Waals surface area contributed by atoms with Crippen molar-refractivity contribution in [1.82, 2.24) is 10.2 Å². The zero-order chi connectivity index (χ0) is 21.8. The van der Waals surface area contributed by atoms with Crippen LogP contribution < -0.4 is 5.32 Å². The molecule has 0 unspecified atom stereocenters. The van der Waals surface area contributed by atoms with Gasteiger partial charge in [-0.25, -0.2) is 8.78 Å². The Hall–Kier alpha value is -2.76. The Bertz CT molecular complexity index is 914. The second-order valence-corrected chi connectivity index (χ2v) is 8.79. The Kier molecular flexibility index (Phi) is 6.35. The molecule has 2 aliphatic rings. The van der Waals surface area contributed by atoms with Gasteiger partial charge in [0.1, 0.15) is 11.6 Å². The van der Waals surface area contributed by atoms with E-state index >= 15 is 0 Å². The van der Waals surface area contributed by atoms with Crippen molar-refractivity contribution in [2.24, 2.45) is 5.92 Å². The Morgan fingerprint density at radius 1 is 0.903 bits per heavy atom. The summed E-state index contributed by atoms with van der Waals surface area (Å²) in [6, 6.07) is 12.2. The van der Waals surface area contributed by atoms with E-state index in [0.717, 1.165) is 31.2 Å². The van der Waals surface area contributed by atoms with Crippen LogP contribution in [0, 0.1) is 17.6 Å². The smallest absolute Gasteiger partial charge is 0.253 e. The summed E-state index contributed by atoms with van der Waals surface area (Å²) in [5, 5.41) is 3.15. The molecule has 2 amide bonds. The van der Waals surface area contributed by atoms with Crippen molar-refractivity contribution in [1.29, 1.82) is 0 Å². The summed E-state index contributed by atoms with van der Waals surface area (Å²) < 4.78 is 26.4. The topological polar surface area (TPSA) is 49.4 Å². The first kappa shape index (κ1) is 21.5. The molecular formula is C25H28F2N2O2. The third-order valence-electron chi connectivity index (χ3n) is 6.86. The summed E-state index contributed by atoms with van der Waals surface area (Å²) in [6.45, 7) is 1.58. The molecular weight excluding hydrogens is 398 g/mol. The molecule has 0 atom stereocenters. The monoisotopic (exact) mass is 426 g/mol. The van der Waals surface area contributed by atoms with Crippen molar-refractivity contribution in [3.8, 4) is 0 Å². The normalized spacial score (nSPS) is 18.7. The third kappa shape index (κ3) is 4.78. The van der Waals surface area contributed by atoms with Gasteiger partial charge in [0.2, 0.25) is 5.91 Å². The third-order valence-corrected chi connectivity index (χ3v) is 6.86. The highest BCUT2D eigenvalue weighted by atomic mass is 19.1. The molecule has 1 aliphatic heterocycles. The highest BCUT2D eigenvalue weighted by Gasteiger charge is 2.37. The van der Waals surface area contributed by atoms with E-state index in [1.807, 2.05) is 12.1 Å². The fourth-order valence-electron chi connectivity index (χ4n) is 4.94. The minimum absolute atomic E-state index is 0.0299. The minimum atomic E-state index is -0.368. The standard InChI is InChI=1S/C25H28F2N2O2/c26-21-7-3-19(4-8-21)24(31)29-15-11-18(12-16-29)23(30)28-17-25(13-1-2-14-25)20-5-9-22(27)10-6-20/h3-10,18H,1-2,11-17H2,(H,28,30). The fraction of sp³-hybridized carbons (Fsp3) is 0.440. The molecule has 1 heterocycles. The summed E-state index contributed by atoms with van der Waals surface area (Å²) in [6.07, 6.45) is 5.42. The number of amides is 2. The second-order valence-electron chi connectivity index (χ2n) is 8.79. The molecule has 6 heteroatoms. The van der Waals surface area contributed by atoms with Gasteiger partial charge in [-0.05, 0) is 67.6 Å². The molecule has 1 saturated carbocycles. The predicted molar refractivity (Wildman–Crippen MR) is 115 cm³/mol. The maximum Gasteiger partial charge on any atom is 0.253 e. The highest BCUT2D eigenvalue weighted by Crippen LogP contribution is 2.40. The predicted octanol–water partition coefficient (Wildman–Crippen LogP) is 4.45. The summed E-state index contributed by atoms with van der Waals surface area (Å²) in [5.41, 5.74) is 1.43. The molecule has 1 N–H and O–H groups in total. The number of hydrogen-bond acceptors (Lipinski definition) is 2. The lowest BCUT2D eigenvalue weighted by Gasteiger charge is -2.33. The van der Waals surface area contributed by atoms with E-state index in [2.05, 4.69) is 5.32 Å². The Balaban J connectivity index is 1.32. The van der Waals surface area contributed by atoms with Crippen LogP contribution in [0.5, 0.6) is 0 Å². The molecule has 1 saturated heterocycles. The molecule has 2 aromatic carbocycles. The van der Waals surface area contributed by atoms with Gasteiger partial charge in [0.05, 0.1) is 0 Å². The Morgan fingerprint density at radius 2 is 1.45 bits per heavy atom. The molecule has 164 valence electrons. The van der Waals surface area contributed by atoms with E-state index in [0.29, 0.717) is 38.0 Å². The zero-order valence-electron chi connectivity index (χ0n) is 17.6. The summed E-state index contributed by atoms with van der Waals surface area (Å²) in [4.78, 5) is 27.2. The zero-order valence-corrected chi connectivity index (χ0v) is 17.6. The molecule has 0 aromatic heterocycles.